The summed E-state index contributed by atoms with van der Waals surface area (Å²) in [6.45, 7) is 7.58. The molecule has 0 atom stereocenters. The van der Waals surface area contributed by atoms with Gasteiger partial charge in [0.15, 0.2) is 0 Å². The Hall–Kier alpha value is -1.62. The van der Waals surface area contributed by atoms with Gasteiger partial charge in [-0.15, -0.1) is 0 Å². The molecular weight excluding hydrogens is 288 g/mol. The molecule has 0 saturated carbocycles. The molecule has 3 heterocycles. The third-order valence-corrected chi connectivity index (χ3v) is 5.33. The molecule has 0 spiro atoms. The Labute approximate surface area is 136 Å². The molecule has 5 nitrogen and oxygen atoms in total. The highest BCUT2D eigenvalue weighted by Crippen LogP contribution is 2.30. The largest absolute Gasteiger partial charge is 0.299 e. The second-order valence-corrected chi connectivity index (χ2v) is 7.61. The lowest BCUT2D eigenvalue weighted by atomic mass is 9.90. The lowest BCUT2D eigenvalue weighted by Crippen LogP contribution is -2.52. The maximum absolute atomic E-state index is 13.1. The van der Waals surface area contributed by atoms with Crippen molar-refractivity contribution < 1.29 is 0 Å². The maximum Gasteiger partial charge on any atom is 0.256 e. The van der Waals surface area contributed by atoms with Gasteiger partial charge >= 0.3 is 0 Å². The van der Waals surface area contributed by atoms with E-state index in [2.05, 4.69) is 23.8 Å². The van der Waals surface area contributed by atoms with Crippen LogP contribution < -0.4 is 5.56 Å². The van der Waals surface area contributed by atoms with Crippen LogP contribution in [0.2, 0.25) is 0 Å². The molecule has 1 aliphatic carbocycles. The summed E-state index contributed by atoms with van der Waals surface area (Å²) in [7, 11) is 1.96. The van der Waals surface area contributed by atoms with Crippen molar-refractivity contribution >= 4 is 11.0 Å². The molecule has 1 fully saturated rings. The zero-order valence-electron chi connectivity index (χ0n) is 14.4. The second-order valence-electron chi connectivity index (χ2n) is 7.61. The molecular formula is C18H26N4O. The van der Waals surface area contributed by atoms with Gasteiger partial charge in [0.05, 0.1) is 12.2 Å². The summed E-state index contributed by atoms with van der Waals surface area (Å²) in [6, 6.07) is 0.298. The molecule has 124 valence electrons. The van der Waals surface area contributed by atoms with E-state index in [0.29, 0.717) is 12.0 Å². The maximum atomic E-state index is 13.1. The van der Waals surface area contributed by atoms with Crippen LogP contribution in [0.5, 0.6) is 0 Å². The third-order valence-electron chi connectivity index (χ3n) is 5.33. The van der Waals surface area contributed by atoms with E-state index in [-0.39, 0.29) is 5.56 Å². The Morgan fingerprint density at radius 1 is 1.22 bits per heavy atom. The molecule has 0 N–H and O–H groups in total. The second kappa shape index (κ2) is 5.48. The van der Waals surface area contributed by atoms with Gasteiger partial charge < -0.3 is 0 Å². The van der Waals surface area contributed by atoms with Gasteiger partial charge in [-0.1, -0.05) is 13.8 Å². The van der Waals surface area contributed by atoms with Gasteiger partial charge in [0.1, 0.15) is 5.65 Å². The number of rotatable bonds is 3. The van der Waals surface area contributed by atoms with E-state index >= 15 is 0 Å². The van der Waals surface area contributed by atoms with Gasteiger partial charge in [-0.2, -0.15) is 5.10 Å². The first-order chi connectivity index (χ1) is 11.1. The van der Waals surface area contributed by atoms with Crippen LogP contribution in [0.3, 0.4) is 0 Å². The topological polar surface area (TPSA) is 43.1 Å². The molecule has 0 bridgehead atoms. The molecule has 0 aromatic carbocycles. The number of aryl methyl sites for hydroxylation is 2. The number of hydrogen-bond donors (Lipinski definition) is 0. The van der Waals surface area contributed by atoms with Gasteiger partial charge in [0.25, 0.3) is 5.56 Å². The monoisotopic (exact) mass is 314 g/mol. The average Bonchev–Trinajstić information content (AvgIpc) is 2.86. The summed E-state index contributed by atoms with van der Waals surface area (Å²) in [5.41, 5.74) is 3.58. The Morgan fingerprint density at radius 2 is 1.91 bits per heavy atom. The van der Waals surface area contributed by atoms with Crippen molar-refractivity contribution in [2.24, 2.45) is 13.0 Å². The normalized spacial score (nSPS) is 19.3. The Bertz CT molecular complexity index is 795. The minimum Gasteiger partial charge on any atom is -0.299 e. The highest BCUT2D eigenvalue weighted by Gasteiger charge is 2.33. The SMILES string of the molecule is CC(C)CN1CC(n2c(=O)c3c(c4cnn(C)c42)CCCC3)C1. The van der Waals surface area contributed by atoms with E-state index in [4.69, 9.17) is 0 Å². The summed E-state index contributed by atoms with van der Waals surface area (Å²) in [6.07, 6.45) is 6.24. The van der Waals surface area contributed by atoms with Gasteiger partial charge in [-0.25, -0.2) is 0 Å². The van der Waals surface area contributed by atoms with Crippen molar-refractivity contribution in [3.8, 4) is 0 Å². The van der Waals surface area contributed by atoms with Crippen LogP contribution in [-0.4, -0.2) is 38.9 Å². The molecule has 2 aromatic heterocycles. The predicted molar refractivity (Wildman–Crippen MR) is 91.9 cm³/mol. The summed E-state index contributed by atoms with van der Waals surface area (Å²) in [5, 5.41) is 5.66. The first-order valence-corrected chi connectivity index (χ1v) is 8.86. The summed E-state index contributed by atoms with van der Waals surface area (Å²) in [5.74, 6) is 0.674. The van der Waals surface area contributed by atoms with Crippen molar-refractivity contribution in [2.45, 2.75) is 45.6 Å². The molecule has 5 heteroatoms. The van der Waals surface area contributed by atoms with Crippen LogP contribution in [-0.2, 0) is 19.9 Å². The van der Waals surface area contributed by atoms with Gasteiger partial charge in [0, 0.05) is 37.6 Å². The summed E-state index contributed by atoms with van der Waals surface area (Å²) in [4.78, 5) is 15.6. The van der Waals surface area contributed by atoms with E-state index in [9.17, 15) is 4.79 Å². The highest BCUT2D eigenvalue weighted by atomic mass is 16.1. The smallest absolute Gasteiger partial charge is 0.256 e. The van der Waals surface area contributed by atoms with Crippen LogP contribution in [0, 0.1) is 5.92 Å². The number of hydrogen-bond acceptors (Lipinski definition) is 3. The van der Waals surface area contributed by atoms with E-state index in [1.807, 2.05) is 22.5 Å². The third kappa shape index (κ3) is 2.33. The van der Waals surface area contributed by atoms with E-state index in [1.54, 1.807) is 0 Å². The highest BCUT2D eigenvalue weighted by molar-refractivity contribution is 5.81. The van der Waals surface area contributed by atoms with Crippen molar-refractivity contribution in [1.29, 1.82) is 0 Å². The Morgan fingerprint density at radius 3 is 2.61 bits per heavy atom. The van der Waals surface area contributed by atoms with Crippen molar-refractivity contribution in [3.05, 3.63) is 27.7 Å². The summed E-state index contributed by atoms with van der Waals surface area (Å²) < 4.78 is 3.93. The van der Waals surface area contributed by atoms with Crippen molar-refractivity contribution in [3.63, 3.8) is 0 Å². The number of aromatic nitrogens is 3. The van der Waals surface area contributed by atoms with Crippen LogP contribution in [0.1, 0.15) is 43.9 Å². The zero-order chi connectivity index (χ0) is 16.1. The fourth-order valence-electron chi connectivity index (χ4n) is 4.32. The number of fused-ring (bicyclic) bond motifs is 3. The molecule has 0 unspecified atom stereocenters. The standard InChI is InChI=1S/C18H26N4O/c1-12(2)9-21-10-13(11-21)22-17-16(8-19-20(17)3)14-6-4-5-7-15(14)18(22)23/h8,12-13H,4-7,9-11H2,1-3H3. The Balaban J connectivity index is 1.79. The minimum absolute atomic E-state index is 0.241. The molecule has 23 heavy (non-hydrogen) atoms. The molecule has 2 aliphatic rings. The molecule has 0 amide bonds. The van der Waals surface area contributed by atoms with Crippen LogP contribution >= 0.6 is 0 Å². The fraction of sp³-hybridized carbons (Fsp3) is 0.667. The summed E-state index contributed by atoms with van der Waals surface area (Å²) >= 11 is 0. The molecule has 2 aromatic rings. The molecule has 1 aliphatic heterocycles. The Kier molecular flexibility index (Phi) is 3.56. The lowest BCUT2D eigenvalue weighted by Gasteiger charge is -2.41. The lowest BCUT2D eigenvalue weighted by molar-refractivity contribution is 0.0931. The number of likely N-dealkylation sites (tertiary alicyclic amines) is 1. The zero-order valence-corrected chi connectivity index (χ0v) is 14.4. The van der Waals surface area contributed by atoms with Gasteiger partial charge in [-0.3, -0.25) is 18.9 Å². The van der Waals surface area contributed by atoms with E-state index in [1.165, 1.54) is 17.4 Å². The first-order valence-electron chi connectivity index (χ1n) is 8.86. The predicted octanol–water partition coefficient (Wildman–Crippen LogP) is 2.13. The van der Waals surface area contributed by atoms with Crippen LogP contribution in [0.4, 0.5) is 0 Å². The number of nitrogens with zero attached hydrogens (tertiary/aromatic N) is 4. The van der Waals surface area contributed by atoms with Crippen molar-refractivity contribution in [2.75, 3.05) is 19.6 Å². The van der Waals surface area contributed by atoms with E-state index in [0.717, 1.165) is 50.1 Å². The average molecular weight is 314 g/mol. The molecule has 1 saturated heterocycles. The number of pyridine rings is 1. The quantitative estimate of drug-likeness (QED) is 0.871. The molecule has 4 rings (SSSR count). The van der Waals surface area contributed by atoms with Crippen LogP contribution in [0.25, 0.3) is 11.0 Å². The van der Waals surface area contributed by atoms with Gasteiger partial charge in [0.2, 0.25) is 0 Å². The van der Waals surface area contributed by atoms with Crippen molar-refractivity contribution in [1.82, 2.24) is 19.2 Å². The van der Waals surface area contributed by atoms with Crippen LogP contribution in [0.15, 0.2) is 11.0 Å². The van der Waals surface area contributed by atoms with Gasteiger partial charge in [-0.05, 0) is 37.2 Å². The fourth-order valence-corrected chi connectivity index (χ4v) is 4.32. The minimum atomic E-state index is 0.241. The first kappa shape index (κ1) is 14.9. The van der Waals surface area contributed by atoms with E-state index < -0.39 is 0 Å². The molecule has 0 radical (unpaired) electrons.